The smallest absolute Gasteiger partial charge is 0.238 e. The van der Waals surface area contributed by atoms with Crippen LogP contribution in [0.4, 0.5) is 5.69 Å². The van der Waals surface area contributed by atoms with Gasteiger partial charge in [0.2, 0.25) is 5.91 Å². The Morgan fingerprint density at radius 2 is 1.63 bits per heavy atom. The molecule has 0 spiro atoms. The molecule has 1 saturated heterocycles. The third kappa shape index (κ3) is 4.98. The molecular formula is C23H27N3O4. The number of piperazine rings is 1. The van der Waals surface area contributed by atoms with Crippen molar-refractivity contribution < 1.29 is 19.1 Å². The highest BCUT2D eigenvalue weighted by Gasteiger charge is 2.20. The number of hydrogen-bond donors (Lipinski definition) is 1. The minimum absolute atomic E-state index is 0.0568. The number of benzene rings is 2. The van der Waals surface area contributed by atoms with E-state index >= 15 is 0 Å². The van der Waals surface area contributed by atoms with Crippen molar-refractivity contribution in [2.45, 2.75) is 13.5 Å². The van der Waals surface area contributed by atoms with Crippen LogP contribution in [0, 0.1) is 0 Å². The minimum Gasteiger partial charge on any atom is -0.486 e. The van der Waals surface area contributed by atoms with Gasteiger partial charge in [-0.3, -0.25) is 19.4 Å². The predicted octanol–water partition coefficient (Wildman–Crippen LogP) is 2.42. The first kappa shape index (κ1) is 20.4. The molecule has 0 aromatic heterocycles. The second-order valence-electron chi connectivity index (χ2n) is 7.68. The number of hydrogen-bond acceptors (Lipinski definition) is 6. The number of carbonyl (C=O) groups excluding carboxylic acids is 2. The normalized spacial score (nSPS) is 16.8. The van der Waals surface area contributed by atoms with Crippen LogP contribution in [0.5, 0.6) is 11.5 Å². The molecule has 7 nitrogen and oxygen atoms in total. The van der Waals surface area contributed by atoms with E-state index in [1.165, 1.54) is 12.5 Å². The van der Waals surface area contributed by atoms with Crippen molar-refractivity contribution in [1.82, 2.24) is 9.80 Å². The number of ether oxygens (including phenoxy) is 2. The molecule has 7 heteroatoms. The van der Waals surface area contributed by atoms with Crippen LogP contribution < -0.4 is 14.8 Å². The largest absolute Gasteiger partial charge is 0.486 e. The Bertz CT molecular complexity index is 922. The van der Waals surface area contributed by atoms with Gasteiger partial charge in [0.15, 0.2) is 17.3 Å². The summed E-state index contributed by atoms with van der Waals surface area (Å²) in [6.07, 6.45) is 0. The maximum Gasteiger partial charge on any atom is 0.238 e. The number of fused-ring (bicyclic) bond motifs is 1. The maximum atomic E-state index is 12.5. The van der Waals surface area contributed by atoms with Crippen molar-refractivity contribution >= 4 is 17.4 Å². The lowest BCUT2D eigenvalue weighted by Crippen LogP contribution is -2.48. The number of carbonyl (C=O) groups is 2. The molecule has 2 aliphatic rings. The molecule has 0 atom stereocenters. The first-order chi connectivity index (χ1) is 14.6. The zero-order chi connectivity index (χ0) is 20.9. The molecule has 4 rings (SSSR count). The Morgan fingerprint density at radius 3 is 2.40 bits per heavy atom. The average Bonchev–Trinajstić information content (AvgIpc) is 2.75. The van der Waals surface area contributed by atoms with Gasteiger partial charge in [0, 0.05) is 38.3 Å². The Labute approximate surface area is 176 Å². The number of Topliss-reactive ketones (excluding diaryl/α,β-unsaturated/α-hetero) is 1. The van der Waals surface area contributed by atoms with Crippen LogP contribution in [0.2, 0.25) is 0 Å². The zero-order valence-corrected chi connectivity index (χ0v) is 17.2. The Morgan fingerprint density at radius 1 is 0.933 bits per heavy atom. The van der Waals surface area contributed by atoms with E-state index in [0.717, 1.165) is 44.2 Å². The van der Waals surface area contributed by atoms with Crippen LogP contribution >= 0.6 is 0 Å². The van der Waals surface area contributed by atoms with Crippen molar-refractivity contribution in [1.29, 1.82) is 0 Å². The van der Waals surface area contributed by atoms with Gasteiger partial charge in [0.05, 0.1) is 12.2 Å². The van der Waals surface area contributed by atoms with Gasteiger partial charge in [-0.05, 0) is 36.8 Å². The first-order valence-corrected chi connectivity index (χ1v) is 10.3. The molecule has 2 heterocycles. The fourth-order valence-corrected chi connectivity index (χ4v) is 3.84. The van der Waals surface area contributed by atoms with Gasteiger partial charge in [0.25, 0.3) is 0 Å². The van der Waals surface area contributed by atoms with Crippen LogP contribution in [-0.4, -0.2) is 67.4 Å². The minimum atomic E-state index is -0.0935. The van der Waals surface area contributed by atoms with Crippen molar-refractivity contribution in [2.24, 2.45) is 0 Å². The lowest BCUT2D eigenvalue weighted by atomic mass is 10.1. The number of para-hydroxylation sites is 1. The molecule has 0 unspecified atom stereocenters. The van der Waals surface area contributed by atoms with Crippen LogP contribution in [-0.2, 0) is 11.3 Å². The second-order valence-corrected chi connectivity index (χ2v) is 7.68. The zero-order valence-electron chi connectivity index (χ0n) is 17.2. The topological polar surface area (TPSA) is 71.1 Å². The van der Waals surface area contributed by atoms with Crippen LogP contribution in [0.1, 0.15) is 22.8 Å². The predicted molar refractivity (Wildman–Crippen MR) is 114 cm³/mol. The summed E-state index contributed by atoms with van der Waals surface area (Å²) in [6, 6.07) is 13.2. The van der Waals surface area contributed by atoms with Gasteiger partial charge in [-0.1, -0.05) is 18.2 Å². The Balaban J connectivity index is 1.26. The van der Waals surface area contributed by atoms with E-state index in [2.05, 4.69) is 27.2 Å². The van der Waals surface area contributed by atoms with E-state index in [0.29, 0.717) is 31.0 Å². The number of nitrogens with zero attached hydrogens (tertiary/aromatic N) is 2. The summed E-state index contributed by atoms with van der Waals surface area (Å²) in [5.41, 5.74) is 2.31. The highest BCUT2D eigenvalue weighted by atomic mass is 16.6. The van der Waals surface area contributed by atoms with Gasteiger partial charge >= 0.3 is 0 Å². The monoisotopic (exact) mass is 409 g/mol. The summed E-state index contributed by atoms with van der Waals surface area (Å²) in [6.45, 7) is 7.31. The SMILES string of the molecule is CC(=O)c1ccccc1NC(=O)CN1CCN(Cc2ccc3c(c2)OCCO3)CC1. The average molecular weight is 409 g/mol. The molecule has 2 aliphatic heterocycles. The molecule has 1 fully saturated rings. The van der Waals surface area contributed by atoms with Crippen LogP contribution in [0.3, 0.4) is 0 Å². The number of anilines is 1. The molecule has 1 amide bonds. The third-order valence-corrected chi connectivity index (χ3v) is 5.43. The number of nitrogens with one attached hydrogen (secondary N) is 1. The number of ketones is 1. The summed E-state index contributed by atoms with van der Waals surface area (Å²) < 4.78 is 11.2. The van der Waals surface area contributed by atoms with E-state index < -0.39 is 0 Å². The van der Waals surface area contributed by atoms with E-state index in [4.69, 9.17) is 9.47 Å². The summed E-state index contributed by atoms with van der Waals surface area (Å²) >= 11 is 0. The number of amides is 1. The van der Waals surface area contributed by atoms with E-state index in [1.54, 1.807) is 18.2 Å². The first-order valence-electron chi connectivity index (χ1n) is 10.3. The molecule has 158 valence electrons. The van der Waals surface area contributed by atoms with Crippen molar-refractivity contribution in [3.8, 4) is 11.5 Å². The summed E-state index contributed by atoms with van der Waals surface area (Å²) in [5.74, 6) is 1.48. The molecule has 0 aliphatic carbocycles. The molecule has 0 bridgehead atoms. The molecule has 0 saturated carbocycles. The van der Waals surface area contributed by atoms with Gasteiger partial charge < -0.3 is 14.8 Å². The summed E-state index contributed by atoms with van der Waals surface area (Å²) in [7, 11) is 0. The van der Waals surface area contributed by atoms with Gasteiger partial charge in [0.1, 0.15) is 13.2 Å². The summed E-state index contributed by atoms with van der Waals surface area (Å²) in [5, 5.41) is 2.88. The lowest BCUT2D eigenvalue weighted by molar-refractivity contribution is -0.117. The highest BCUT2D eigenvalue weighted by molar-refractivity contribution is 6.04. The van der Waals surface area contributed by atoms with E-state index in [9.17, 15) is 9.59 Å². The molecule has 0 radical (unpaired) electrons. The number of rotatable bonds is 6. The van der Waals surface area contributed by atoms with Crippen molar-refractivity contribution in [2.75, 3.05) is 51.3 Å². The van der Waals surface area contributed by atoms with Crippen molar-refractivity contribution in [3.05, 3.63) is 53.6 Å². The highest BCUT2D eigenvalue weighted by Crippen LogP contribution is 2.31. The standard InChI is InChI=1S/C23H27N3O4/c1-17(27)19-4-2-3-5-20(19)24-23(28)16-26-10-8-25(9-11-26)15-18-6-7-21-22(14-18)30-13-12-29-21/h2-7,14H,8-13,15-16H2,1H3,(H,24,28). The molecule has 1 N–H and O–H groups in total. The van der Waals surface area contributed by atoms with Gasteiger partial charge in [-0.2, -0.15) is 0 Å². The van der Waals surface area contributed by atoms with Gasteiger partial charge in [-0.25, -0.2) is 0 Å². The van der Waals surface area contributed by atoms with Crippen LogP contribution in [0.25, 0.3) is 0 Å². The molecule has 2 aromatic carbocycles. The fourth-order valence-electron chi connectivity index (χ4n) is 3.84. The Hall–Kier alpha value is -2.90. The quantitative estimate of drug-likeness (QED) is 0.739. The molecular weight excluding hydrogens is 382 g/mol. The Kier molecular flexibility index (Phi) is 6.30. The summed E-state index contributed by atoms with van der Waals surface area (Å²) in [4.78, 5) is 28.7. The molecule has 2 aromatic rings. The maximum absolute atomic E-state index is 12.5. The third-order valence-electron chi connectivity index (χ3n) is 5.43. The second kappa shape index (κ2) is 9.28. The van der Waals surface area contributed by atoms with E-state index in [1.807, 2.05) is 12.1 Å². The van der Waals surface area contributed by atoms with Crippen molar-refractivity contribution in [3.63, 3.8) is 0 Å². The fraction of sp³-hybridized carbons (Fsp3) is 0.391. The van der Waals surface area contributed by atoms with E-state index in [-0.39, 0.29) is 11.7 Å². The van der Waals surface area contributed by atoms with Gasteiger partial charge in [-0.15, -0.1) is 0 Å². The van der Waals surface area contributed by atoms with Crippen LogP contribution in [0.15, 0.2) is 42.5 Å². The molecule has 30 heavy (non-hydrogen) atoms. The lowest BCUT2D eigenvalue weighted by Gasteiger charge is -2.34.